The van der Waals surface area contributed by atoms with Crippen LogP contribution in [0.1, 0.15) is 5.82 Å². The molecule has 2 aromatic heterocycles. The summed E-state index contributed by atoms with van der Waals surface area (Å²) >= 11 is 1.14. The minimum Gasteiger partial charge on any atom is -0.481 e. The van der Waals surface area contributed by atoms with Gasteiger partial charge in [0.1, 0.15) is 6.54 Å². The van der Waals surface area contributed by atoms with Crippen molar-refractivity contribution < 1.29 is 14.6 Å². The number of thioether (sulfide) groups is 1. The van der Waals surface area contributed by atoms with Gasteiger partial charge < -0.3 is 14.4 Å². The van der Waals surface area contributed by atoms with Crippen molar-refractivity contribution in [2.45, 2.75) is 18.2 Å². The maximum atomic E-state index is 10.6. The lowest BCUT2D eigenvalue weighted by molar-refractivity contribution is -0.133. The molecule has 0 atom stereocenters. The molecule has 20 heavy (non-hydrogen) atoms. The molecule has 2 heterocycles. The Hall–Kier alpha value is -1.87. The van der Waals surface area contributed by atoms with Gasteiger partial charge in [-0.2, -0.15) is 5.10 Å². The Balaban J connectivity index is 2.15. The minimum absolute atomic E-state index is 0.0487. The molecular weight excluding hydrogens is 282 g/mol. The van der Waals surface area contributed by atoms with Crippen LogP contribution in [0.25, 0.3) is 0 Å². The van der Waals surface area contributed by atoms with Crippen LogP contribution in [0.3, 0.4) is 0 Å². The first-order chi connectivity index (χ1) is 9.70. The highest BCUT2D eigenvalue weighted by Gasteiger charge is 2.14. The number of carboxylic acid groups (broad SMARTS) is 1. The predicted octanol–water partition coefficient (Wildman–Crippen LogP) is 0.346. The molecular formula is C11H15N5O3S. The Labute approximate surface area is 119 Å². The standard InChI is InChI=1S/C11H15N5O3S/c1-19-6-5-16-9(7-15-4-2-3-12-15)13-14-11(16)20-8-10(17)18/h2-4H,5-8H2,1H3,(H,17,18). The Morgan fingerprint density at radius 2 is 2.35 bits per heavy atom. The van der Waals surface area contributed by atoms with Crippen molar-refractivity contribution in [2.24, 2.45) is 0 Å². The summed E-state index contributed by atoms with van der Waals surface area (Å²) in [6.45, 7) is 1.56. The van der Waals surface area contributed by atoms with Gasteiger partial charge in [0, 0.05) is 26.0 Å². The van der Waals surface area contributed by atoms with Gasteiger partial charge in [-0.05, 0) is 6.07 Å². The third-order valence-corrected chi connectivity index (χ3v) is 3.45. The van der Waals surface area contributed by atoms with E-state index in [1.54, 1.807) is 18.0 Å². The predicted molar refractivity (Wildman–Crippen MR) is 71.6 cm³/mol. The number of carbonyl (C=O) groups is 1. The van der Waals surface area contributed by atoms with Crippen LogP contribution in [-0.2, 0) is 22.6 Å². The van der Waals surface area contributed by atoms with Crippen molar-refractivity contribution in [3.8, 4) is 0 Å². The van der Waals surface area contributed by atoms with E-state index in [0.29, 0.717) is 24.9 Å². The van der Waals surface area contributed by atoms with E-state index in [2.05, 4.69) is 15.3 Å². The lowest BCUT2D eigenvalue weighted by Gasteiger charge is -2.09. The highest BCUT2D eigenvalue weighted by molar-refractivity contribution is 7.99. The Kier molecular flexibility index (Phi) is 5.13. The second-order valence-corrected chi connectivity index (χ2v) is 4.87. The van der Waals surface area contributed by atoms with Gasteiger partial charge in [0.25, 0.3) is 0 Å². The number of ether oxygens (including phenoxy) is 1. The fraction of sp³-hybridized carbons (Fsp3) is 0.455. The topological polar surface area (TPSA) is 95.1 Å². The first kappa shape index (κ1) is 14.5. The molecule has 0 fully saturated rings. The summed E-state index contributed by atoms with van der Waals surface area (Å²) in [4.78, 5) is 10.6. The van der Waals surface area contributed by atoms with Crippen LogP contribution >= 0.6 is 11.8 Å². The van der Waals surface area contributed by atoms with Crippen molar-refractivity contribution in [1.82, 2.24) is 24.5 Å². The number of carboxylic acids is 1. The average Bonchev–Trinajstić information content (AvgIpc) is 3.05. The Morgan fingerprint density at radius 3 is 3.00 bits per heavy atom. The molecule has 108 valence electrons. The smallest absolute Gasteiger partial charge is 0.313 e. The molecule has 2 rings (SSSR count). The quantitative estimate of drug-likeness (QED) is 0.702. The molecule has 0 radical (unpaired) electrons. The van der Waals surface area contributed by atoms with Crippen molar-refractivity contribution in [2.75, 3.05) is 19.5 Å². The summed E-state index contributed by atoms with van der Waals surface area (Å²) < 4.78 is 8.66. The Morgan fingerprint density at radius 1 is 1.50 bits per heavy atom. The average molecular weight is 297 g/mol. The van der Waals surface area contributed by atoms with Crippen molar-refractivity contribution in [3.05, 3.63) is 24.3 Å². The summed E-state index contributed by atoms with van der Waals surface area (Å²) in [6, 6.07) is 1.83. The monoisotopic (exact) mass is 297 g/mol. The van der Waals surface area contributed by atoms with Crippen LogP contribution in [0.2, 0.25) is 0 Å². The first-order valence-corrected chi connectivity index (χ1v) is 6.92. The third kappa shape index (κ3) is 3.81. The van der Waals surface area contributed by atoms with Crippen molar-refractivity contribution >= 4 is 17.7 Å². The molecule has 2 aromatic rings. The molecule has 9 heteroatoms. The maximum absolute atomic E-state index is 10.6. The number of nitrogens with zero attached hydrogens (tertiary/aromatic N) is 5. The van der Waals surface area contributed by atoms with E-state index >= 15 is 0 Å². The van der Waals surface area contributed by atoms with E-state index in [-0.39, 0.29) is 5.75 Å². The number of hydrogen-bond donors (Lipinski definition) is 1. The van der Waals surface area contributed by atoms with E-state index in [0.717, 1.165) is 17.6 Å². The van der Waals surface area contributed by atoms with Crippen molar-refractivity contribution in [3.63, 3.8) is 0 Å². The van der Waals surface area contributed by atoms with Crippen LogP contribution in [0.15, 0.2) is 23.6 Å². The number of aliphatic carboxylic acids is 1. The highest BCUT2D eigenvalue weighted by Crippen LogP contribution is 2.17. The van der Waals surface area contributed by atoms with Gasteiger partial charge in [0.15, 0.2) is 11.0 Å². The van der Waals surface area contributed by atoms with E-state index < -0.39 is 5.97 Å². The molecule has 1 N–H and O–H groups in total. The maximum Gasteiger partial charge on any atom is 0.313 e. The minimum atomic E-state index is -0.884. The molecule has 0 aromatic carbocycles. The number of aromatic nitrogens is 5. The lowest BCUT2D eigenvalue weighted by Crippen LogP contribution is -2.13. The van der Waals surface area contributed by atoms with Crippen LogP contribution in [0.4, 0.5) is 0 Å². The van der Waals surface area contributed by atoms with E-state index in [1.807, 2.05) is 16.8 Å². The molecule has 0 unspecified atom stereocenters. The van der Waals surface area contributed by atoms with Crippen LogP contribution in [-0.4, -0.2) is 55.1 Å². The summed E-state index contributed by atoms with van der Waals surface area (Å²) in [7, 11) is 1.61. The van der Waals surface area contributed by atoms with Gasteiger partial charge in [-0.3, -0.25) is 9.48 Å². The van der Waals surface area contributed by atoms with Crippen LogP contribution in [0, 0.1) is 0 Å². The van der Waals surface area contributed by atoms with Crippen LogP contribution in [0.5, 0.6) is 0 Å². The molecule has 0 aliphatic heterocycles. The highest BCUT2D eigenvalue weighted by atomic mass is 32.2. The Bertz CT molecular complexity index is 554. The third-order valence-electron chi connectivity index (χ3n) is 2.50. The molecule has 0 saturated heterocycles. The van der Waals surface area contributed by atoms with Crippen LogP contribution < -0.4 is 0 Å². The van der Waals surface area contributed by atoms with Gasteiger partial charge in [-0.1, -0.05) is 11.8 Å². The number of rotatable bonds is 8. The molecule has 0 amide bonds. The molecule has 0 aliphatic rings. The largest absolute Gasteiger partial charge is 0.481 e. The molecule has 0 aliphatic carbocycles. The second-order valence-electron chi connectivity index (χ2n) is 3.93. The first-order valence-electron chi connectivity index (χ1n) is 5.93. The van der Waals surface area contributed by atoms with E-state index in [1.165, 1.54) is 0 Å². The summed E-state index contributed by atoms with van der Waals surface area (Å²) in [5.41, 5.74) is 0. The fourth-order valence-electron chi connectivity index (χ4n) is 1.62. The molecule has 8 nitrogen and oxygen atoms in total. The van der Waals surface area contributed by atoms with Gasteiger partial charge in [-0.15, -0.1) is 10.2 Å². The van der Waals surface area contributed by atoms with Gasteiger partial charge in [-0.25, -0.2) is 0 Å². The van der Waals surface area contributed by atoms with E-state index in [9.17, 15) is 4.79 Å². The summed E-state index contributed by atoms with van der Waals surface area (Å²) in [6.07, 6.45) is 3.52. The fourth-order valence-corrected chi connectivity index (χ4v) is 2.32. The normalized spacial score (nSPS) is 10.8. The van der Waals surface area contributed by atoms with Crippen molar-refractivity contribution in [1.29, 1.82) is 0 Å². The lowest BCUT2D eigenvalue weighted by atomic mass is 10.5. The SMILES string of the molecule is COCCn1c(Cn2cccn2)nnc1SCC(=O)O. The number of hydrogen-bond acceptors (Lipinski definition) is 6. The molecule has 0 bridgehead atoms. The van der Waals surface area contributed by atoms with Gasteiger partial charge >= 0.3 is 5.97 Å². The van der Waals surface area contributed by atoms with Gasteiger partial charge in [0.2, 0.25) is 0 Å². The summed E-state index contributed by atoms with van der Waals surface area (Å²) in [5, 5.41) is 21.6. The van der Waals surface area contributed by atoms with E-state index in [4.69, 9.17) is 9.84 Å². The zero-order valence-corrected chi connectivity index (χ0v) is 11.8. The molecule has 0 saturated carbocycles. The zero-order chi connectivity index (χ0) is 14.4. The molecule has 0 spiro atoms. The van der Waals surface area contributed by atoms with Gasteiger partial charge in [0.05, 0.1) is 12.4 Å². The zero-order valence-electron chi connectivity index (χ0n) is 11.0. The summed E-state index contributed by atoms with van der Waals surface area (Å²) in [5.74, 6) is -0.212. The second kappa shape index (κ2) is 7.06. The number of methoxy groups -OCH3 is 1.